The zero-order valence-corrected chi connectivity index (χ0v) is 14.0. The molecule has 0 spiro atoms. The number of carboxylic acid groups (broad SMARTS) is 2. The number of rotatable bonds is 7. The SMILES string of the molecule is NC(C(=O)O)C(N)N1CC(C2=C(O)CN(C(N)C(N)C(=O)O)C2=O)=CC1=O. The summed E-state index contributed by atoms with van der Waals surface area (Å²) in [4.78, 5) is 48.3. The molecule has 27 heavy (non-hydrogen) atoms. The first-order valence-electron chi connectivity index (χ1n) is 7.70. The summed E-state index contributed by atoms with van der Waals surface area (Å²) in [5, 5.41) is 27.9. The largest absolute Gasteiger partial charge is 0.510 e. The third kappa shape index (κ3) is 3.61. The topological polar surface area (TPSA) is 240 Å². The number of amides is 2. The number of aliphatic hydroxyl groups excluding tert-OH is 1. The number of hydrogen-bond donors (Lipinski definition) is 7. The second-order valence-corrected chi connectivity index (χ2v) is 6.10. The second kappa shape index (κ2) is 7.32. The van der Waals surface area contributed by atoms with Crippen molar-refractivity contribution >= 4 is 23.8 Å². The highest BCUT2D eigenvalue weighted by molar-refractivity contribution is 6.05. The summed E-state index contributed by atoms with van der Waals surface area (Å²) in [7, 11) is 0. The van der Waals surface area contributed by atoms with E-state index in [9.17, 15) is 24.3 Å². The lowest BCUT2D eigenvalue weighted by atomic mass is 10.1. The van der Waals surface area contributed by atoms with Crippen LogP contribution in [0.4, 0.5) is 0 Å². The Kier molecular flexibility index (Phi) is 5.51. The first-order chi connectivity index (χ1) is 12.5. The molecule has 0 saturated carbocycles. The third-order valence-corrected chi connectivity index (χ3v) is 4.35. The van der Waals surface area contributed by atoms with Crippen molar-refractivity contribution in [1.82, 2.24) is 9.80 Å². The molecule has 11 N–H and O–H groups in total. The Bertz CT molecular complexity index is 763. The predicted octanol–water partition coefficient (Wildman–Crippen LogP) is -4.20. The number of carbonyl (C=O) groups is 4. The van der Waals surface area contributed by atoms with Gasteiger partial charge in [-0.15, -0.1) is 0 Å². The van der Waals surface area contributed by atoms with Crippen LogP contribution < -0.4 is 22.9 Å². The van der Waals surface area contributed by atoms with E-state index < -0.39 is 53.9 Å². The zero-order valence-electron chi connectivity index (χ0n) is 14.0. The van der Waals surface area contributed by atoms with Gasteiger partial charge in [0.1, 0.15) is 30.2 Å². The molecule has 0 saturated heterocycles. The van der Waals surface area contributed by atoms with Gasteiger partial charge in [0.2, 0.25) is 5.91 Å². The smallest absolute Gasteiger partial charge is 0.324 e. The van der Waals surface area contributed by atoms with E-state index in [1.165, 1.54) is 0 Å². The average Bonchev–Trinajstić information content (AvgIpc) is 3.11. The lowest BCUT2D eigenvalue weighted by Gasteiger charge is -2.28. The second-order valence-electron chi connectivity index (χ2n) is 6.10. The quantitative estimate of drug-likeness (QED) is 0.222. The highest BCUT2D eigenvalue weighted by Crippen LogP contribution is 2.29. The highest BCUT2D eigenvalue weighted by Gasteiger charge is 2.42. The maximum atomic E-state index is 12.6. The molecule has 0 aromatic rings. The number of hydrogen-bond acceptors (Lipinski definition) is 9. The van der Waals surface area contributed by atoms with Crippen molar-refractivity contribution in [3.05, 3.63) is 23.0 Å². The molecule has 148 valence electrons. The Morgan fingerprint density at radius 2 is 1.41 bits per heavy atom. The fraction of sp³-hybridized carbons (Fsp3) is 0.429. The first-order valence-corrected chi connectivity index (χ1v) is 7.70. The lowest BCUT2D eigenvalue weighted by molar-refractivity contribution is -0.142. The van der Waals surface area contributed by atoms with Crippen LogP contribution in [0.3, 0.4) is 0 Å². The van der Waals surface area contributed by atoms with E-state index in [2.05, 4.69) is 0 Å². The highest BCUT2D eigenvalue weighted by atomic mass is 16.4. The molecule has 0 radical (unpaired) electrons. The standard InChI is InChI=1S/C14H20N6O7/c15-8(13(24)25)10(17)19-2-4(1-6(19)22)7-5(21)3-20(12(7)23)11(18)9(16)14(26)27/h1,8-11,21H,2-3,15-18H2,(H,24,25)(H,26,27). The maximum absolute atomic E-state index is 12.6. The summed E-state index contributed by atoms with van der Waals surface area (Å²) in [6.07, 6.45) is -1.75. The summed E-state index contributed by atoms with van der Waals surface area (Å²) < 4.78 is 0. The zero-order chi connectivity index (χ0) is 20.6. The molecule has 0 bridgehead atoms. The van der Waals surface area contributed by atoms with Crippen LogP contribution in [0.2, 0.25) is 0 Å². The average molecular weight is 384 g/mol. The molecule has 2 heterocycles. The fourth-order valence-corrected chi connectivity index (χ4v) is 2.77. The van der Waals surface area contributed by atoms with Crippen LogP contribution in [0.25, 0.3) is 0 Å². The number of nitrogens with two attached hydrogens (primary N) is 4. The van der Waals surface area contributed by atoms with Crippen molar-refractivity contribution in [1.29, 1.82) is 0 Å². The molecule has 2 aliphatic heterocycles. The van der Waals surface area contributed by atoms with E-state index in [0.29, 0.717) is 0 Å². The van der Waals surface area contributed by atoms with Gasteiger partial charge in [0.15, 0.2) is 0 Å². The van der Waals surface area contributed by atoms with Crippen molar-refractivity contribution in [2.24, 2.45) is 22.9 Å². The van der Waals surface area contributed by atoms with Gasteiger partial charge >= 0.3 is 11.9 Å². The minimum atomic E-state index is -1.58. The Morgan fingerprint density at radius 1 is 0.926 bits per heavy atom. The Labute approximate surface area is 152 Å². The van der Waals surface area contributed by atoms with Gasteiger partial charge in [-0.05, 0) is 5.57 Å². The first kappa shape index (κ1) is 20.3. The van der Waals surface area contributed by atoms with Gasteiger partial charge < -0.3 is 48.1 Å². The number of carboxylic acids is 2. The summed E-state index contributed by atoms with van der Waals surface area (Å²) in [6.45, 7) is -0.650. The normalized spacial score (nSPS) is 22.0. The maximum Gasteiger partial charge on any atom is 0.324 e. The van der Waals surface area contributed by atoms with Crippen LogP contribution in [0.5, 0.6) is 0 Å². The summed E-state index contributed by atoms with van der Waals surface area (Å²) in [6, 6.07) is -3.14. The predicted molar refractivity (Wildman–Crippen MR) is 88.3 cm³/mol. The van der Waals surface area contributed by atoms with Crippen molar-refractivity contribution < 1.29 is 34.5 Å². The fourth-order valence-electron chi connectivity index (χ4n) is 2.77. The van der Waals surface area contributed by atoms with E-state index in [0.717, 1.165) is 15.9 Å². The molecule has 0 aromatic heterocycles. The Balaban J connectivity index is 2.19. The van der Waals surface area contributed by atoms with Crippen LogP contribution in [-0.2, 0) is 19.2 Å². The molecule has 2 rings (SSSR count). The molecule has 0 fully saturated rings. The summed E-state index contributed by atoms with van der Waals surface area (Å²) in [5.41, 5.74) is 22.0. The van der Waals surface area contributed by atoms with E-state index in [1.54, 1.807) is 0 Å². The van der Waals surface area contributed by atoms with Crippen LogP contribution in [0.1, 0.15) is 0 Å². The van der Waals surface area contributed by atoms with Gasteiger partial charge in [-0.1, -0.05) is 0 Å². The van der Waals surface area contributed by atoms with Crippen LogP contribution in [-0.4, -0.2) is 86.4 Å². The number of aliphatic carboxylic acids is 2. The monoisotopic (exact) mass is 384 g/mol. The molecular formula is C14H20N6O7. The minimum Gasteiger partial charge on any atom is -0.510 e. The number of carbonyl (C=O) groups excluding carboxylic acids is 2. The lowest BCUT2D eigenvalue weighted by Crippen LogP contribution is -2.58. The molecule has 0 aliphatic carbocycles. The van der Waals surface area contributed by atoms with Gasteiger partial charge in [-0.25, -0.2) is 0 Å². The number of nitrogens with zero attached hydrogens (tertiary/aromatic N) is 2. The Morgan fingerprint density at radius 3 is 1.89 bits per heavy atom. The minimum absolute atomic E-state index is 0.0779. The molecule has 13 nitrogen and oxygen atoms in total. The van der Waals surface area contributed by atoms with Crippen molar-refractivity contribution in [2.75, 3.05) is 13.1 Å². The van der Waals surface area contributed by atoms with Crippen molar-refractivity contribution in [3.63, 3.8) is 0 Å². The van der Waals surface area contributed by atoms with Crippen LogP contribution in [0, 0.1) is 0 Å². The van der Waals surface area contributed by atoms with Gasteiger partial charge in [0, 0.05) is 12.6 Å². The van der Waals surface area contributed by atoms with Crippen molar-refractivity contribution in [2.45, 2.75) is 24.4 Å². The number of aliphatic hydroxyl groups is 1. The molecular weight excluding hydrogens is 364 g/mol. The molecule has 4 unspecified atom stereocenters. The molecule has 4 atom stereocenters. The van der Waals surface area contributed by atoms with E-state index in [4.69, 9.17) is 33.1 Å². The third-order valence-electron chi connectivity index (χ3n) is 4.35. The molecule has 2 amide bonds. The van der Waals surface area contributed by atoms with Crippen molar-refractivity contribution in [3.8, 4) is 0 Å². The summed E-state index contributed by atoms with van der Waals surface area (Å²) >= 11 is 0. The molecule has 13 heteroatoms. The van der Waals surface area contributed by atoms with Gasteiger partial charge in [0.05, 0.1) is 12.1 Å². The van der Waals surface area contributed by atoms with Gasteiger partial charge in [-0.3, -0.25) is 19.2 Å². The van der Waals surface area contributed by atoms with E-state index in [-0.39, 0.29) is 24.2 Å². The molecule has 2 aliphatic rings. The summed E-state index contributed by atoms with van der Waals surface area (Å²) in [5.74, 6) is -4.77. The van der Waals surface area contributed by atoms with E-state index in [1.807, 2.05) is 0 Å². The Hall–Kier alpha value is -3.00. The van der Waals surface area contributed by atoms with E-state index >= 15 is 0 Å². The van der Waals surface area contributed by atoms with Gasteiger partial charge in [-0.2, -0.15) is 0 Å². The van der Waals surface area contributed by atoms with Gasteiger partial charge in [0.25, 0.3) is 5.91 Å². The molecule has 0 aromatic carbocycles. The van der Waals surface area contributed by atoms with Crippen LogP contribution >= 0.6 is 0 Å². The van der Waals surface area contributed by atoms with Crippen LogP contribution in [0.15, 0.2) is 23.0 Å².